The van der Waals surface area contributed by atoms with Crippen LogP contribution in [0.4, 0.5) is 11.4 Å². The fraction of sp³-hybridized carbons (Fsp3) is 0.350. The molecule has 0 aliphatic rings. The molecule has 6 nitrogen and oxygen atoms in total. The number of para-hydroxylation sites is 1. The van der Waals surface area contributed by atoms with Crippen molar-refractivity contribution >= 4 is 17.3 Å². The Hall–Kier alpha value is -2.89. The van der Waals surface area contributed by atoms with Gasteiger partial charge in [-0.3, -0.25) is 4.99 Å². The van der Waals surface area contributed by atoms with E-state index < -0.39 is 0 Å². The number of nitrogens with two attached hydrogens (primary N) is 1. The summed E-state index contributed by atoms with van der Waals surface area (Å²) in [6.07, 6.45) is 2.01. The number of hydrogen-bond acceptors (Lipinski definition) is 4. The van der Waals surface area contributed by atoms with Crippen molar-refractivity contribution in [3.05, 3.63) is 48.5 Å². The third-order valence-electron chi connectivity index (χ3n) is 4.05. The van der Waals surface area contributed by atoms with Crippen molar-refractivity contribution in [2.75, 3.05) is 44.6 Å². The summed E-state index contributed by atoms with van der Waals surface area (Å²) in [4.78, 5) is 6.63. The summed E-state index contributed by atoms with van der Waals surface area (Å²) in [6.45, 7) is 1.66. The molecule has 0 heterocycles. The van der Waals surface area contributed by atoms with E-state index in [1.807, 2.05) is 24.3 Å². The van der Waals surface area contributed by atoms with Gasteiger partial charge in [0.15, 0.2) is 5.96 Å². The Bertz CT molecular complexity index is 704. The molecule has 0 unspecified atom stereocenters. The SMILES string of the molecule is COc1ccc(OC)c(NC(N)=NCCCCN(C)c2ccccc2)c1. The van der Waals surface area contributed by atoms with E-state index in [2.05, 4.69) is 46.5 Å². The molecule has 0 saturated carbocycles. The quantitative estimate of drug-likeness (QED) is 0.410. The first-order valence-corrected chi connectivity index (χ1v) is 8.69. The van der Waals surface area contributed by atoms with Gasteiger partial charge < -0.3 is 25.4 Å². The lowest BCUT2D eigenvalue weighted by molar-refractivity contribution is 0.405. The van der Waals surface area contributed by atoms with Gasteiger partial charge in [0.25, 0.3) is 0 Å². The van der Waals surface area contributed by atoms with Gasteiger partial charge in [-0.15, -0.1) is 0 Å². The van der Waals surface area contributed by atoms with Crippen LogP contribution in [0.25, 0.3) is 0 Å². The highest BCUT2D eigenvalue weighted by molar-refractivity contribution is 5.94. The van der Waals surface area contributed by atoms with E-state index in [1.165, 1.54) is 5.69 Å². The number of aliphatic imine (C=N–C) groups is 1. The molecule has 0 aliphatic carbocycles. The van der Waals surface area contributed by atoms with Crippen molar-refractivity contribution in [2.45, 2.75) is 12.8 Å². The van der Waals surface area contributed by atoms with E-state index >= 15 is 0 Å². The van der Waals surface area contributed by atoms with Crippen LogP contribution >= 0.6 is 0 Å². The first kappa shape index (κ1) is 19.4. The van der Waals surface area contributed by atoms with Crippen LogP contribution in [0, 0.1) is 0 Å². The highest BCUT2D eigenvalue weighted by Gasteiger charge is 2.06. The van der Waals surface area contributed by atoms with Gasteiger partial charge in [-0.05, 0) is 37.1 Å². The molecule has 0 aromatic heterocycles. The summed E-state index contributed by atoms with van der Waals surface area (Å²) in [5, 5.41) is 3.07. The van der Waals surface area contributed by atoms with Gasteiger partial charge in [-0.25, -0.2) is 0 Å². The molecule has 26 heavy (non-hydrogen) atoms. The molecular weight excluding hydrogens is 328 g/mol. The van der Waals surface area contributed by atoms with Gasteiger partial charge in [-0.1, -0.05) is 18.2 Å². The fourth-order valence-corrected chi connectivity index (χ4v) is 2.56. The Kier molecular flexibility index (Phi) is 7.61. The average Bonchev–Trinajstić information content (AvgIpc) is 2.68. The molecule has 6 heteroatoms. The minimum atomic E-state index is 0.368. The third kappa shape index (κ3) is 5.88. The van der Waals surface area contributed by atoms with Crippen LogP contribution < -0.4 is 25.4 Å². The summed E-state index contributed by atoms with van der Waals surface area (Å²) < 4.78 is 10.5. The highest BCUT2D eigenvalue weighted by Crippen LogP contribution is 2.28. The van der Waals surface area contributed by atoms with E-state index in [1.54, 1.807) is 14.2 Å². The zero-order valence-electron chi connectivity index (χ0n) is 15.7. The number of rotatable bonds is 9. The van der Waals surface area contributed by atoms with Crippen LogP contribution in [-0.4, -0.2) is 40.3 Å². The lowest BCUT2D eigenvalue weighted by Crippen LogP contribution is -2.23. The van der Waals surface area contributed by atoms with Gasteiger partial charge in [0, 0.05) is 31.9 Å². The second kappa shape index (κ2) is 10.2. The van der Waals surface area contributed by atoms with Crippen LogP contribution in [0.3, 0.4) is 0 Å². The van der Waals surface area contributed by atoms with E-state index in [9.17, 15) is 0 Å². The number of unbranched alkanes of at least 4 members (excludes halogenated alkanes) is 1. The Morgan fingerprint density at radius 3 is 2.54 bits per heavy atom. The van der Waals surface area contributed by atoms with Crippen molar-refractivity contribution < 1.29 is 9.47 Å². The van der Waals surface area contributed by atoms with Crippen molar-refractivity contribution in [3.8, 4) is 11.5 Å². The number of nitrogens with one attached hydrogen (secondary N) is 1. The maximum absolute atomic E-state index is 5.99. The smallest absolute Gasteiger partial charge is 0.193 e. The average molecular weight is 356 g/mol. The zero-order chi connectivity index (χ0) is 18.8. The Balaban J connectivity index is 1.78. The molecule has 2 aromatic rings. The minimum Gasteiger partial charge on any atom is -0.497 e. The van der Waals surface area contributed by atoms with Crippen molar-refractivity contribution in [1.29, 1.82) is 0 Å². The molecule has 140 valence electrons. The first-order chi connectivity index (χ1) is 12.6. The van der Waals surface area contributed by atoms with Crippen molar-refractivity contribution in [2.24, 2.45) is 10.7 Å². The number of ether oxygens (including phenoxy) is 2. The molecule has 0 radical (unpaired) electrons. The van der Waals surface area contributed by atoms with Crippen LogP contribution in [0.2, 0.25) is 0 Å². The molecule has 0 atom stereocenters. The number of methoxy groups -OCH3 is 2. The normalized spacial score (nSPS) is 11.1. The van der Waals surface area contributed by atoms with E-state index in [4.69, 9.17) is 15.2 Å². The molecular formula is C20H28N4O2. The summed E-state index contributed by atoms with van der Waals surface area (Å²) in [7, 11) is 5.34. The number of anilines is 2. The minimum absolute atomic E-state index is 0.368. The largest absolute Gasteiger partial charge is 0.497 e. The topological polar surface area (TPSA) is 72.1 Å². The molecule has 0 saturated heterocycles. The molecule has 2 rings (SSSR count). The lowest BCUT2D eigenvalue weighted by atomic mass is 10.2. The molecule has 2 aromatic carbocycles. The van der Waals surface area contributed by atoms with Crippen LogP contribution in [0.5, 0.6) is 11.5 Å². The molecule has 0 bridgehead atoms. The van der Waals surface area contributed by atoms with Crippen molar-refractivity contribution in [1.82, 2.24) is 0 Å². The Morgan fingerprint density at radius 1 is 1.08 bits per heavy atom. The number of benzene rings is 2. The summed E-state index contributed by atoms with van der Waals surface area (Å²) >= 11 is 0. The number of guanidine groups is 1. The second-order valence-corrected chi connectivity index (χ2v) is 5.92. The molecule has 0 aliphatic heterocycles. The second-order valence-electron chi connectivity index (χ2n) is 5.92. The zero-order valence-corrected chi connectivity index (χ0v) is 15.7. The summed E-state index contributed by atoms with van der Waals surface area (Å²) in [6, 6.07) is 15.8. The van der Waals surface area contributed by atoms with Crippen LogP contribution in [-0.2, 0) is 0 Å². The van der Waals surface area contributed by atoms with Crippen LogP contribution in [0.15, 0.2) is 53.5 Å². The van der Waals surface area contributed by atoms with Gasteiger partial charge in [-0.2, -0.15) is 0 Å². The molecule has 0 spiro atoms. The van der Waals surface area contributed by atoms with Crippen LogP contribution in [0.1, 0.15) is 12.8 Å². The predicted octanol–water partition coefficient (Wildman–Crippen LogP) is 3.35. The van der Waals surface area contributed by atoms with Gasteiger partial charge >= 0.3 is 0 Å². The standard InChI is InChI=1S/C20H28N4O2/c1-24(16-9-5-4-6-10-16)14-8-7-13-22-20(21)23-18-15-17(25-2)11-12-19(18)26-3/h4-6,9-12,15H,7-8,13-14H2,1-3H3,(H3,21,22,23). The van der Waals surface area contributed by atoms with E-state index in [-0.39, 0.29) is 0 Å². The fourth-order valence-electron chi connectivity index (χ4n) is 2.56. The van der Waals surface area contributed by atoms with E-state index in [0.717, 1.165) is 30.8 Å². The Labute approximate surface area is 155 Å². The van der Waals surface area contributed by atoms with E-state index in [0.29, 0.717) is 18.3 Å². The van der Waals surface area contributed by atoms with Gasteiger partial charge in [0.1, 0.15) is 11.5 Å². The maximum atomic E-state index is 5.99. The predicted molar refractivity (Wildman–Crippen MR) is 109 cm³/mol. The molecule has 3 N–H and O–H groups in total. The lowest BCUT2D eigenvalue weighted by Gasteiger charge is -2.18. The highest BCUT2D eigenvalue weighted by atomic mass is 16.5. The van der Waals surface area contributed by atoms with Gasteiger partial charge in [0.2, 0.25) is 0 Å². The maximum Gasteiger partial charge on any atom is 0.193 e. The first-order valence-electron chi connectivity index (χ1n) is 8.69. The monoisotopic (exact) mass is 356 g/mol. The Morgan fingerprint density at radius 2 is 1.85 bits per heavy atom. The molecule has 0 fully saturated rings. The van der Waals surface area contributed by atoms with Crippen molar-refractivity contribution in [3.63, 3.8) is 0 Å². The summed E-state index contributed by atoms with van der Waals surface area (Å²) in [5.41, 5.74) is 7.94. The van der Waals surface area contributed by atoms with Gasteiger partial charge in [0.05, 0.1) is 19.9 Å². The molecule has 0 amide bonds. The summed E-state index contributed by atoms with van der Waals surface area (Å²) in [5.74, 6) is 1.78. The third-order valence-corrected chi connectivity index (χ3v) is 4.05. The number of nitrogens with zero attached hydrogens (tertiary/aromatic N) is 2. The number of hydrogen-bond donors (Lipinski definition) is 2.